The maximum atomic E-state index is 13.1. The number of imidazole rings is 1. The molecule has 0 radical (unpaired) electrons. The molecule has 0 saturated carbocycles. The van der Waals surface area contributed by atoms with Crippen molar-refractivity contribution in [3.05, 3.63) is 40.6 Å². The Morgan fingerprint density at radius 2 is 2.15 bits per heavy atom. The fourth-order valence-electron chi connectivity index (χ4n) is 4.90. The summed E-state index contributed by atoms with van der Waals surface area (Å²) in [5.74, 6) is 1.35. The Kier molecular flexibility index (Phi) is 3.93. The molecule has 1 amide bonds. The molecule has 5 rings (SSSR count). The van der Waals surface area contributed by atoms with Gasteiger partial charge in [-0.25, -0.2) is 4.98 Å². The Morgan fingerprint density at radius 3 is 2.89 bits per heavy atom. The van der Waals surface area contributed by atoms with E-state index in [0.717, 1.165) is 25.0 Å². The molecule has 5 heterocycles. The Morgan fingerprint density at radius 1 is 1.26 bits per heavy atom. The zero-order chi connectivity index (χ0) is 18.5. The van der Waals surface area contributed by atoms with Crippen molar-refractivity contribution in [3.8, 4) is 11.4 Å². The summed E-state index contributed by atoms with van der Waals surface area (Å²) in [7, 11) is 1.90. The van der Waals surface area contributed by atoms with E-state index in [0.29, 0.717) is 43.5 Å². The summed E-state index contributed by atoms with van der Waals surface area (Å²) >= 11 is 0. The molecule has 7 nitrogen and oxygen atoms in total. The number of hydrogen-bond acceptors (Lipinski definition) is 4. The highest BCUT2D eigenvalue weighted by Gasteiger charge is 2.39. The molecule has 142 valence electrons. The number of piperidine rings is 1. The molecule has 0 aliphatic carbocycles. The van der Waals surface area contributed by atoms with Crippen LogP contribution >= 0.6 is 0 Å². The van der Waals surface area contributed by atoms with Gasteiger partial charge in [0.1, 0.15) is 11.9 Å². The van der Waals surface area contributed by atoms with E-state index < -0.39 is 0 Å². The lowest BCUT2D eigenvalue weighted by molar-refractivity contribution is -0.143. The van der Waals surface area contributed by atoms with Gasteiger partial charge < -0.3 is 18.8 Å². The van der Waals surface area contributed by atoms with Gasteiger partial charge in [0.15, 0.2) is 0 Å². The van der Waals surface area contributed by atoms with Crippen LogP contribution in [0.1, 0.15) is 30.9 Å². The fourth-order valence-corrected chi connectivity index (χ4v) is 4.90. The van der Waals surface area contributed by atoms with Crippen molar-refractivity contribution in [3.63, 3.8) is 0 Å². The monoisotopic (exact) mass is 368 g/mol. The van der Waals surface area contributed by atoms with E-state index in [9.17, 15) is 9.59 Å². The van der Waals surface area contributed by atoms with E-state index in [-0.39, 0.29) is 23.5 Å². The zero-order valence-corrected chi connectivity index (χ0v) is 15.5. The van der Waals surface area contributed by atoms with Crippen molar-refractivity contribution in [2.75, 3.05) is 19.7 Å². The third-order valence-corrected chi connectivity index (χ3v) is 6.18. The molecule has 7 heteroatoms. The number of rotatable bonds is 2. The molecule has 0 spiro atoms. The molecule has 2 aromatic rings. The average molecular weight is 368 g/mol. The highest BCUT2D eigenvalue weighted by atomic mass is 16.5. The first kappa shape index (κ1) is 16.7. The number of nitrogens with zero attached hydrogens (tertiary/aromatic N) is 4. The third-order valence-electron chi connectivity index (χ3n) is 6.18. The van der Waals surface area contributed by atoms with Gasteiger partial charge in [0.2, 0.25) is 0 Å². The van der Waals surface area contributed by atoms with Crippen molar-refractivity contribution in [1.82, 2.24) is 19.0 Å². The van der Waals surface area contributed by atoms with Crippen LogP contribution in [0.25, 0.3) is 11.4 Å². The zero-order valence-electron chi connectivity index (χ0n) is 15.5. The van der Waals surface area contributed by atoms with E-state index in [1.54, 1.807) is 6.20 Å². The van der Waals surface area contributed by atoms with Gasteiger partial charge in [0.25, 0.3) is 11.5 Å². The molecule has 3 aliphatic heterocycles. The van der Waals surface area contributed by atoms with Crippen LogP contribution < -0.4 is 5.56 Å². The molecule has 2 bridgehead atoms. The smallest absolute Gasteiger partial charge is 0.261 e. The van der Waals surface area contributed by atoms with Crippen molar-refractivity contribution < 1.29 is 9.53 Å². The molecule has 2 fully saturated rings. The maximum absolute atomic E-state index is 13.1. The highest BCUT2D eigenvalue weighted by Crippen LogP contribution is 2.36. The van der Waals surface area contributed by atoms with E-state index in [4.69, 9.17) is 4.74 Å². The molecule has 2 saturated heterocycles. The average Bonchev–Trinajstić information content (AvgIpc) is 3.34. The fraction of sp³-hybridized carbons (Fsp3) is 0.550. The molecular formula is C20H24N4O3. The Hall–Kier alpha value is -2.41. The lowest BCUT2D eigenvalue weighted by atomic mass is 9.82. The number of aryl methyl sites for hydroxylation is 1. The lowest BCUT2D eigenvalue weighted by Gasteiger charge is -2.43. The Bertz CT molecular complexity index is 941. The number of fused-ring (bicyclic) bond motifs is 4. The van der Waals surface area contributed by atoms with Crippen molar-refractivity contribution in [2.24, 2.45) is 13.0 Å². The predicted molar refractivity (Wildman–Crippen MR) is 99.3 cm³/mol. The van der Waals surface area contributed by atoms with Crippen molar-refractivity contribution in [2.45, 2.75) is 37.8 Å². The van der Waals surface area contributed by atoms with Gasteiger partial charge in [0.05, 0.1) is 5.56 Å². The number of amides is 1. The summed E-state index contributed by atoms with van der Waals surface area (Å²) in [4.78, 5) is 32.2. The predicted octanol–water partition coefficient (Wildman–Crippen LogP) is 1.37. The first-order valence-corrected chi connectivity index (χ1v) is 9.73. The first-order chi connectivity index (χ1) is 13.1. The molecule has 3 aliphatic rings. The lowest BCUT2D eigenvalue weighted by Crippen LogP contribution is -2.51. The summed E-state index contributed by atoms with van der Waals surface area (Å²) in [5, 5.41) is 0. The van der Waals surface area contributed by atoms with Crippen LogP contribution in [0.15, 0.2) is 29.3 Å². The minimum Gasteiger partial charge on any atom is -0.368 e. The van der Waals surface area contributed by atoms with Gasteiger partial charge in [-0.2, -0.15) is 0 Å². The van der Waals surface area contributed by atoms with Crippen LogP contribution in [-0.2, 0) is 23.1 Å². The van der Waals surface area contributed by atoms with Crippen LogP contribution in [0.3, 0.4) is 0 Å². The minimum absolute atomic E-state index is 0.0235. The van der Waals surface area contributed by atoms with Crippen molar-refractivity contribution in [1.29, 1.82) is 0 Å². The highest BCUT2D eigenvalue weighted by molar-refractivity contribution is 5.81. The minimum atomic E-state index is -0.267. The first-order valence-electron chi connectivity index (χ1n) is 9.73. The second kappa shape index (κ2) is 6.34. The Balaban J connectivity index is 1.46. The number of hydrogen-bond donors (Lipinski definition) is 0. The second-order valence-corrected chi connectivity index (χ2v) is 7.99. The van der Waals surface area contributed by atoms with Gasteiger partial charge >= 0.3 is 0 Å². The molecule has 0 aromatic carbocycles. The molecule has 3 atom stereocenters. The molecular weight excluding hydrogens is 344 g/mol. The molecule has 0 unspecified atom stereocenters. The summed E-state index contributed by atoms with van der Waals surface area (Å²) < 4.78 is 9.38. The van der Waals surface area contributed by atoms with Crippen LogP contribution in [0.2, 0.25) is 0 Å². The number of ether oxygens (including phenoxy) is 1. The van der Waals surface area contributed by atoms with E-state index in [1.165, 1.54) is 0 Å². The summed E-state index contributed by atoms with van der Waals surface area (Å²) in [6.07, 6.45) is 6.12. The number of carbonyl (C=O) groups excluding carboxylic acids is 1. The topological polar surface area (TPSA) is 69.4 Å². The van der Waals surface area contributed by atoms with Gasteiger partial charge in [-0.1, -0.05) is 0 Å². The van der Waals surface area contributed by atoms with Crippen LogP contribution in [0.4, 0.5) is 0 Å². The van der Waals surface area contributed by atoms with Crippen molar-refractivity contribution >= 4 is 5.91 Å². The normalized spacial score (nSPS) is 26.9. The number of aromatic nitrogens is 3. The number of likely N-dealkylation sites (tertiary alicyclic amines) is 1. The van der Waals surface area contributed by atoms with Gasteiger partial charge in [-0.15, -0.1) is 0 Å². The maximum Gasteiger partial charge on any atom is 0.261 e. The molecule has 0 N–H and O–H groups in total. The van der Waals surface area contributed by atoms with Crippen LogP contribution in [0, 0.1) is 5.92 Å². The number of carbonyl (C=O) groups is 1. The molecule has 27 heavy (non-hydrogen) atoms. The Labute approximate surface area is 157 Å². The summed E-state index contributed by atoms with van der Waals surface area (Å²) in [6, 6.07) is 3.93. The van der Waals surface area contributed by atoms with Crippen LogP contribution in [-0.4, -0.2) is 50.7 Å². The summed E-state index contributed by atoms with van der Waals surface area (Å²) in [6.45, 7) is 2.74. The molecule has 2 aromatic heterocycles. The van der Waals surface area contributed by atoms with Gasteiger partial charge in [-0.3, -0.25) is 9.59 Å². The standard InChI is InChI=1S/C20H24N4O3/c1-22-7-6-21-18(22)15-4-5-16-14-9-13(11-24(16)19(15)25)10-23(12-14)20(26)17-3-2-8-27-17/h4-7,13-14,17H,2-3,8-12H2,1H3/t13-,14+,17-/m0/s1. The van der Waals surface area contributed by atoms with E-state index in [1.807, 2.05) is 39.4 Å². The quantitative estimate of drug-likeness (QED) is 0.803. The van der Waals surface area contributed by atoms with E-state index in [2.05, 4.69) is 4.98 Å². The SMILES string of the molecule is Cn1ccnc1-c1ccc2n(c1=O)C[C@H]1C[C@@H]2CN(C(=O)[C@@H]2CCCO2)C1. The third kappa shape index (κ3) is 2.72. The largest absolute Gasteiger partial charge is 0.368 e. The van der Waals surface area contributed by atoms with E-state index >= 15 is 0 Å². The van der Waals surface area contributed by atoms with Crippen LogP contribution in [0.5, 0.6) is 0 Å². The second-order valence-electron chi connectivity index (χ2n) is 7.99. The van der Waals surface area contributed by atoms with Gasteiger partial charge in [-0.05, 0) is 37.3 Å². The summed E-state index contributed by atoms with van der Waals surface area (Å²) in [5.41, 5.74) is 1.70. The number of pyridine rings is 1. The van der Waals surface area contributed by atoms with Gasteiger partial charge in [0, 0.05) is 57.3 Å².